The van der Waals surface area contributed by atoms with Crippen molar-refractivity contribution in [1.29, 1.82) is 0 Å². The lowest BCUT2D eigenvalue weighted by molar-refractivity contribution is -0.0423. The molecule has 2 unspecified atom stereocenters. The van der Waals surface area contributed by atoms with Gasteiger partial charge >= 0.3 is 6.03 Å². The van der Waals surface area contributed by atoms with Crippen LogP contribution < -0.4 is 16.4 Å². The van der Waals surface area contributed by atoms with E-state index in [1.165, 1.54) is 18.2 Å². The fraction of sp³-hybridized carbons (Fsp3) is 0.538. The number of aromatic nitrogens is 4. The Labute approximate surface area is 222 Å². The molecule has 12 nitrogen and oxygen atoms in total. The molecule has 6 N–H and O–H groups in total. The molecule has 0 radical (unpaired) electrons. The Bertz CT molecular complexity index is 1240. The number of anilines is 2. The number of nitrogen functional groups attached to an aromatic ring is 1. The molecule has 1 aliphatic rings. The van der Waals surface area contributed by atoms with E-state index in [2.05, 4.69) is 46.4 Å². The number of benzene rings is 1. The summed E-state index contributed by atoms with van der Waals surface area (Å²) in [5, 5.41) is 27.1. The molecule has 3 heterocycles. The van der Waals surface area contributed by atoms with Crippen LogP contribution in [0.2, 0.25) is 0 Å². The number of nitrogens with two attached hydrogens (primary N) is 1. The number of amides is 2. The first-order chi connectivity index (χ1) is 17.9. The lowest BCUT2D eigenvalue weighted by Gasteiger charge is -2.24. The van der Waals surface area contributed by atoms with Gasteiger partial charge in [-0.25, -0.2) is 19.7 Å². The number of fused-ring (bicyclic) bond motifs is 1. The Morgan fingerprint density at radius 3 is 2.58 bits per heavy atom. The van der Waals surface area contributed by atoms with E-state index < -0.39 is 24.5 Å². The van der Waals surface area contributed by atoms with Gasteiger partial charge in [-0.15, -0.1) is 0 Å². The Morgan fingerprint density at radius 2 is 1.89 bits per heavy atom. The van der Waals surface area contributed by atoms with Gasteiger partial charge in [-0.05, 0) is 50.0 Å². The van der Waals surface area contributed by atoms with Gasteiger partial charge in [0.05, 0.1) is 6.33 Å². The van der Waals surface area contributed by atoms with Gasteiger partial charge in [-0.1, -0.05) is 32.9 Å². The van der Waals surface area contributed by atoms with Crippen molar-refractivity contribution in [2.24, 2.45) is 0 Å². The average molecular weight is 527 g/mol. The Kier molecular flexibility index (Phi) is 8.16. The highest BCUT2D eigenvalue weighted by atomic mass is 16.6. The van der Waals surface area contributed by atoms with E-state index in [9.17, 15) is 15.0 Å². The van der Waals surface area contributed by atoms with Crippen LogP contribution in [0, 0.1) is 0 Å². The van der Waals surface area contributed by atoms with Crippen molar-refractivity contribution >= 4 is 28.7 Å². The number of aliphatic hydroxyl groups excluding tert-OH is 2. The number of rotatable bonds is 8. The molecule has 0 spiro atoms. The summed E-state index contributed by atoms with van der Waals surface area (Å²) in [6, 6.07) is 7.51. The third-order valence-electron chi connectivity index (χ3n) is 6.82. The van der Waals surface area contributed by atoms with E-state index >= 15 is 0 Å². The van der Waals surface area contributed by atoms with E-state index in [0.717, 1.165) is 5.69 Å². The van der Waals surface area contributed by atoms with Crippen LogP contribution in [-0.4, -0.2) is 85.2 Å². The Morgan fingerprint density at radius 1 is 1.18 bits per heavy atom. The van der Waals surface area contributed by atoms with Crippen molar-refractivity contribution in [3.63, 3.8) is 0 Å². The lowest BCUT2D eigenvalue weighted by Crippen LogP contribution is -2.41. The standard InChI is InChI=1S/C26H38N8O4/c1-15(31-25(37)32-17-8-6-16(7-9-17)26(2,3)4)10-11-33(5)12-18-20(35)21(36)24(38-18)34-14-30-19-22(27)28-13-29-23(19)34/h6-9,13-15,18,20-21,24,35-36H,10-12H2,1-5H3,(H2,27,28,29)(H2,31,32,37)/t15-,18?,20+,21+,24?/m0/s1. The minimum Gasteiger partial charge on any atom is -0.387 e. The number of urea groups is 1. The number of carbonyl (C=O) groups excluding carboxylic acids is 1. The highest BCUT2D eigenvalue weighted by Gasteiger charge is 2.44. The topological polar surface area (TPSA) is 164 Å². The van der Waals surface area contributed by atoms with Crippen molar-refractivity contribution in [3.8, 4) is 0 Å². The molecule has 2 aromatic heterocycles. The van der Waals surface area contributed by atoms with Crippen molar-refractivity contribution in [2.75, 3.05) is 31.2 Å². The Balaban J connectivity index is 1.25. The zero-order valence-corrected chi connectivity index (χ0v) is 22.5. The van der Waals surface area contributed by atoms with Crippen molar-refractivity contribution in [3.05, 3.63) is 42.5 Å². The molecule has 0 bridgehead atoms. The number of nitrogens with one attached hydrogen (secondary N) is 2. The first-order valence-electron chi connectivity index (χ1n) is 12.7. The number of hydrogen-bond donors (Lipinski definition) is 5. The molecule has 206 valence electrons. The second kappa shape index (κ2) is 11.2. The Hall–Kier alpha value is -3.32. The summed E-state index contributed by atoms with van der Waals surface area (Å²) in [5.41, 5.74) is 8.67. The maximum atomic E-state index is 12.4. The number of likely N-dealkylation sites (N-methyl/N-ethyl adjacent to an activating group) is 1. The summed E-state index contributed by atoms with van der Waals surface area (Å²) in [6.07, 6.45) is -0.265. The maximum Gasteiger partial charge on any atom is 0.319 e. The van der Waals surface area contributed by atoms with E-state index in [1.807, 2.05) is 43.1 Å². The summed E-state index contributed by atoms with van der Waals surface area (Å²) in [4.78, 5) is 26.7. The SMILES string of the molecule is C[C@@H](CCN(C)CC1OC(n2cnc3c(N)ncnc32)[C@H](O)[C@@H]1O)NC(=O)Nc1ccc(C(C)(C)C)cc1. The first-order valence-corrected chi connectivity index (χ1v) is 12.7. The van der Waals surface area contributed by atoms with E-state index in [-0.39, 0.29) is 23.3 Å². The number of carbonyl (C=O) groups is 1. The molecule has 1 fully saturated rings. The second-order valence-electron chi connectivity index (χ2n) is 11.0. The average Bonchev–Trinajstić information content (AvgIpc) is 3.40. The van der Waals surface area contributed by atoms with Gasteiger partial charge in [0.2, 0.25) is 0 Å². The molecule has 5 atom stereocenters. The van der Waals surface area contributed by atoms with Gasteiger partial charge in [0.1, 0.15) is 30.2 Å². The van der Waals surface area contributed by atoms with Gasteiger partial charge < -0.3 is 36.2 Å². The van der Waals surface area contributed by atoms with Crippen molar-refractivity contribution in [1.82, 2.24) is 29.7 Å². The summed E-state index contributed by atoms with van der Waals surface area (Å²) in [7, 11) is 1.90. The highest BCUT2D eigenvalue weighted by Crippen LogP contribution is 2.32. The third kappa shape index (κ3) is 6.21. The lowest BCUT2D eigenvalue weighted by atomic mass is 9.87. The zero-order valence-electron chi connectivity index (χ0n) is 22.5. The molecule has 38 heavy (non-hydrogen) atoms. The maximum absolute atomic E-state index is 12.4. The number of imidazole rings is 1. The quantitative estimate of drug-likeness (QED) is 0.295. The minimum atomic E-state index is -1.16. The molecule has 0 aliphatic carbocycles. The van der Waals surface area contributed by atoms with E-state index in [4.69, 9.17) is 10.5 Å². The van der Waals surface area contributed by atoms with Crippen LogP contribution in [0.1, 0.15) is 45.9 Å². The molecule has 0 saturated carbocycles. The molecule has 1 saturated heterocycles. The van der Waals surface area contributed by atoms with Crippen LogP contribution in [-0.2, 0) is 10.2 Å². The van der Waals surface area contributed by atoms with Gasteiger partial charge in [-0.2, -0.15) is 0 Å². The second-order valence-corrected chi connectivity index (χ2v) is 11.0. The number of nitrogens with zero attached hydrogens (tertiary/aromatic N) is 5. The predicted molar refractivity (Wildman–Crippen MR) is 145 cm³/mol. The fourth-order valence-electron chi connectivity index (χ4n) is 4.50. The molecule has 2 amide bonds. The van der Waals surface area contributed by atoms with Crippen molar-refractivity contribution < 1.29 is 19.7 Å². The molecule has 4 rings (SSSR count). The molecule has 3 aromatic rings. The van der Waals surface area contributed by atoms with Gasteiger partial charge in [0.15, 0.2) is 17.7 Å². The number of aliphatic hydroxyl groups is 2. The summed E-state index contributed by atoms with van der Waals surface area (Å²) in [5.74, 6) is 0.230. The first kappa shape index (κ1) is 27.7. The van der Waals surface area contributed by atoms with Crippen LogP contribution in [0.3, 0.4) is 0 Å². The van der Waals surface area contributed by atoms with Gasteiger partial charge in [-0.3, -0.25) is 4.57 Å². The van der Waals surface area contributed by atoms with E-state index in [0.29, 0.717) is 30.7 Å². The van der Waals surface area contributed by atoms with Gasteiger partial charge in [0, 0.05) is 18.3 Å². The normalized spacial score (nSPS) is 22.6. The monoisotopic (exact) mass is 526 g/mol. The number of ether oxygens (including phenoxy) is 1. The highest BCUT2D eigenvalue weighted by molar-refractivity contribution is 5.89. The summed E-state index contributed by atoms with van der Waals surface area (Å²) >= 11 is 0. The minimum absolute atomic E-state index is 0.0528. The van der Waals surface area contributed by atoms with Crippen LogP contribution in [0.25, 0.3) is 11.2 Å². The summed E-state index contributed by atoms with van der Waals surface area (Å²) < 4.78 is 7.57. The van der Waals surface area contributed by atoms with Crippen LogP contribution in [0.4, 0.5) is 16.3 Å². The summed E-state index contributed by atoms with van der Waals surface area (Å²) in [6.45, 7) is 9.41. The van der Waals surface area contributed by atoms with Crippen LogP contribution in [0.15, 0.2) is 36.9 Å². The molecule has 12 heteroatoms. The third-order valence-corrected chi connectivity index (χ3v) is 6.82. The van der Waals surface area contributed by atoms with Crippen LogP contribution >= 0.6 is 0 Å². The number of hydrogen-bond acceptors (Lipinski definition) is 9. The van der Waals surface area contributed by atoms with E-state index in [1.54, 1.807) is 4.57 Å². The van der Waals surface area contributed by atoms with Gasteiger partial charge in [0.25, 0.3) is 0 Å². The largest absolute Gasteiger partial charge is 0.387 e. The van der Waals surface area contributed by atoms with Crippen LogP contribution in [0.5, 0.6) is 0 Å². The fourth-order valence-corrected chi connectivity index (χ4v) is 4.50. The predicted octanol–water partition coefficient (Wildman–Crippen LogP) is 1.86. The zero-order chi connectivity index (χ0) is 27.6. The molecular weight excluding hydrogens is 488 g/mol. The molecular formula is C26H38N8O4. The molecule has 1 aromatic carbocycles. The smallest absolute Gasteiger partial charge is 0.319 e. The van der Waals surface area contributed by atoms with Crippen molar-refractivity contribution in [2.45, 2.75) is 70.1 Å². The molecule has 1 aliphatic heterocycles.